The van der Waals surface area contributed by atoms with Gasteiger partial charge in [0.1, 0.15) is 0 Å². The third-order valence-electron chi connectivity index (χ3n) is 4.20. The van der Waals surface area contributed by atoms with E-state index < -0.39 is 0 Å². The van der Waals surface area contributed by atoms with E-state index in [1.807, 2.05) is 40.7 Å². The number of nitrogens with zero attached hydrogens (tertiary/aromatic N) is 3. The molecule has 0 radical (unpaired) electrons. The van der Waals surface area contributed by atoms with Crippen molar-refractivity contribution >= 4 is 34.0 Å². The molecule has 1 fully saturated rings. The summed E-state index contributed by atoms with van der Waals surface area (Å²) in [4.78, 5) is 32.1. The van der Waals surface area contributed by atoms with Crippen molar-refractivity contribution < 1.29 is 9.59 Å². The number of piperazine rings is 1. The highest BCUT2D eigenvalue weighted by Crippen LogP contribution is 2.19. The van der Waals surface area contributed by atoms with Crippen molar-refractivity contribution in [3.8, 4) is 0 Å². The topological polar surface area (TPSA) is 65.5 Å². The monoisotopic (exact) mass is 358 g/mol. The number of hydrogen-bond acceptors (Lipinski definition) is 5. The van der Waals surface area contributed by atoms with Gasteiger partial charge in [0.15, 0.2) is 5.13 Å². The summed E-state index contributed by atoms with van der Waals surface area (Å²) in [5.41, 5.74) is 1.83. The second-order valence-corrected chi connectivity index (χ2v) is 6.94. The van der Waals surface area contributed by atoms with Gasteiger partial charge in [-0.05, 0) is 24.1 Å². The minimum atomic E-state index is -0.0914. The summed E-state index contributed by atoms with van der Waals surface area (Å²) in [5.74, 6) is 0.0926. The maximum Gasteiger partial charge on any atom is 0.223 e. The van der Waals surface area contributed by atoms with Crippen LogP contribution >= 0.6 is 11.3 Å². The molecule has 0 atom stereocenters. The van der Waals surface area contributed by atoms with Gasteiger partial charge in [-0.2, -0.15) is 0 Å². The maximum absolute atomic E-state index is 12.5. The molecule has 0 bridgehead atoms. The summed E-state index contributed by atoms with van der Waals surface area (Å²) < 4.78 is 0. The lowest BCUT2D eigenvalue weighted by Gasteiger charge is -2.34. The molecule has 7 heteroatoms. The number of carbonyl (C=O) groups excluding carboxylic acids is 2. The molecular formula is C18H22N4O2S. The van der Waals surface area contributed by atoms with Crippen molar-refractivity contribution in [2.24, 2.45) is 0 Å². The summed E-state index contributed by atoms with van der Waals surface area (Å²) in [7, 11) is 0. The largest absolute Gasteiger partial charge is 0.345 e. The van der Waals surface area contributed by atoms with Gasteiger partial charge in [-0.25, -0.2) is 4.98 Å². The summed E-state index contributed by atoms with van der Waals surface area (Å²) in [6, 6.07) is 7.66. The minimum absolute atomic E-state index is 0.0914. The van der Waals surface area contributed by atoms with Crippen molar-refractivity contribution in [2.45, 2.75) is 19.8 Å². The highest BCUT2D eigenvalue weighted by molar-refractivity contribution is 7.13. The van der Waals surface area contributed by atoms with Crippen LogP contribution in [0.3, 0.4) is 0 Å². The van der Waals surface area contributed by atoms with Crippen LogP contribution in [0, 0.1) is 0 Å². The molecular weight excluding hydrogens is 336 g/mol. The zero-order valence-electron chi connectivity index (χ0n) is 14.3. The predicted octanol–water partition coefficient (Wildman–Crippen LogP) is 2.38. The van der Waals surface area contributed by atoms with Crippen LogP contribution < -0.4 is 10.2 Å². The molecule has 1 saturated heterocycles. The van der Waals surface area contributed by atoms with Gasteiger partial charge in [0.05, 0.1) is 0 Å². The standard InChI is InChI=1S/C18H22N4O2S/c1-14(23)20-16-4-2-3-15(13-16)5-6-17(24)21-8-10-22(11-9-21)18-19-7-12-25-18/h2-4,7,12-13H,5-6,8-11H2,1H3,(H,20,23). The number of carbonyl (C=O) groups is 2. The molecule has 0 spiro atoms. The predicted molar refractivity (Wildman–Crippen MR) is 100.0 cm³/mol. The molecule has 2 aromatic rings. The average molecular weight is 358 g/mol. The Morgan fingerprint density at radius 3 is 2.72 bits per heavy atom. The lowest BCUT2D eigenvalue weighted by Crippen LogP contribution is -2.48. The molecule has 132 valence electrons. The maximum atomic E-state index is 12.5. The SMILES string of the molecule is CC(=O)Nc1cccc(CCC(=O)N2CCN(c3nccs3)CC2)c1. The number of nitrogens with one attached hydrogen (secondary N) is 1. The Hall–Kier alpha value is -2.41. The second kappa shape index (κ2) is 8.11. The summed E-state index contributed by atoms with van der Waals surface area (Å²) >= 11 is 1.63. The lowest BCUT2D eigenvalue weighted by molar-refractivity contribution is -0.131. The van der Waals surface area contributed by atoms with Crippen LogP contribution in [0.25, 0.3) is 0 Å². The number of hydrogen-bond donors (Lipinski definition) is 1. The highest BCUT2D eigenvalue weighted by Gasteiger charge is 2.22. The van der Waals surface area contributed by atoms with Gasteiger partial charge in [-0.1, -0.05) is 12.1 Å². The van der Waals surface area contributed by atoms with Gasteiger partial charge in [0.2, 0.25) is 11.8 Å². The fourth-order valence-electron chi connectivity index (χ4n) is 2.94. The molecule has 0 aliphatic carbocycles. The van der Waals surface area contributed by atoms with Crippen LogP contribution in [-0.4, -0.2) is 47.9 Å². The van der Waals surface area contributed by atoms with Crippen molar-refractivity contribution in [2.75, 3.05) is 36.4 Å². The number of thiazole rings is 1. The molecule has 25 heavy (non-hydrogen) atoms. The molecule has 2 heterocycles. The Balaban J connectivity index is 1.48. The first-order valence-corrected chi connectivity index (χ1v) is 9.28. The number of anilines is 2. The first-order chi connectivity index (χ1) is 12.1. The van der Waals surface area contributed by atoms with E-state index >= 15 is 0 Å². The minimum Gasteiger partial charge on any atom is -0.345 e. The van der Waals surface area contributed by atoms with Gasteiger partial charge in [0.25, 0.3) is 0 Å². The van der Waals surface area contributed by atoms with E-state index in [1.54, 1.807) is 11.3 Å². The summed E-state index contributed by atoms with van der Waals surface area (Å²) in [6.45, 7) is 4.63. The quantitative estimate of drug-likeness (QED) is 0.891. The van der Waals surface area contributed by atoms with Gasteiger partial charge in [-0.3, -0.25) is 9.59 Å². The smallest absolute Gasteiger partial charge is 0.223 e. The number of rotatable bonds is 5. The number of amides is 2. The molecule has 1 N–H and O–H groups in total. The molecule has 2 amide bonds. The van der Waals surface area contributed by atoms with E-state index in [4.69, 9.17) is 0 Å². The van der Waals surface area contributed by atoms with Crippen LogP contribution in [0.5, 0.6) is 0 Å². The van der Waals surface area contributed by atoms with Crippen LogP contribution in [0.1, 0.15) is 18.9 Å². The van der Waals surface area contributed by atoms with Gasteiger partial charge >= 0.3 is 0 Å². The molecule has 0 unspecified atom stereocenters. The third kappa shape index (κ3) is 4.79. The van der Waals surface area contributed by atoms with Crippen LogP contribution in [0.4, 0.5) is 10.8 Å². The first kappa shape index (κ1) is 17.4. The van der Waals surface area contributed by atoms with E-state index in [2.05, 4.69) is 15.2 Å². The van der Waals surface area contributed by atoms with Crippen molar-refractivity contribution in [1.29, 1.82) is 0 Å². The summed E-state index contributed by atoms with van der Waals surface area (Å²) in [6.07, 6.45) is 2.98. The number of aromatic nitrogens is 1. The van der Waals surface area contributed by atoms with E-state index in [9.17, 15) is 9.59 Å². The zero-order chi connectivity index (χ0) is 17.6. The summed E-state index contributed by atoms with van der Waals surface area (Å²) in [5, 5.41) is 5.77. The van der Waals surface area contributed by atoms with Gasteiger partial charge < -0.3 is 15.1 Å². The van der Waals surface area contributed by atoms with Crippen molar-refractivity contribution in [3.63, 3.8) is 0 Å². The number of aryl methyl sites for hydroxylation is 1. The van der Waals surface area contributed by atoms with Gasteiger partial charge in [-0.15, -0.1) is 11.3 Å². The Labute approximate surface area is 151 Å². The van der Waals surface area contributed by atoms with Crippen LogP contribution in [0.15, 0.2) is 35.8 Å². The Morgan fingerprint density at radius 2 is 2.04 bits per heavy atom. The van der Waals surface area contributed by atoms with E-state index in [0.29, 0.717) is 12.8 Å². The van der Waals surface area contributed by atoms with E-state index in [1.165, 1.54) is 6.92 Å². The Morgan fingerprint density at radius 1 is 1.24 bits per heavy atom. The number of benzene rings is 1. The van der Waals surface area contributed by atoms with E-state index in [0.717, 1.165) is 42.6 Å². The molecule has 3 rings (SSSR count). The fraction of sp³-hybridized carbons (Fsp3) is 0.389. The molecule has 1 aromatic heterocycles. The molecule has 1 aliphatic heterocycles. The average Bonchev–Trinajstić information content (AvgIpc) is 3.14. The molecule has 0 saturated carbocycles. The Kier molecular flexibility index (Phi) is 5.65. The van der Waals surface area contributed by atoms with Crippen molar-refractivity contribution in [1.82, 2.24) is 9.88 Å². The lowest BCUT2D eigenvalue weighted by atomic mass is 10.1. The zero-order valence-corrected chi connectivity index (χ0v) is 15.1. The molecule has 1 aromatic carbocycles. The fourth-order valence-corrected chi connectivity index (χ4v) is 3.63. The van der Waals surface area contributed by atoms with Gasteiger partial charge in [0, 0.05) is 56.8 Å². The van der Waals surface area contributed by atoms with E-state index in [-0.39, 0.29) is 11.8 Å². The van der Waals surface area contributed by atoms with Crippen molar-refractivity contribution in [3.05, 3.63) is 41.4 Å². The normalized spacial score (nSPS) is 14.4. The van der Waals surface area contributed by atoms with Crippen LogP contribution in [0.2, 0.25) is 0 Å². The molecule has 6 nitrogen and oxygen atoms in total. The molecule has 1 aliphatic rings. The Bertz CT molecular complexity index is 724. The second-order valence-electron chi connectivity index (χ2n) is 6.06. The third-order valence-corrected chi connectivity index (χ3v) is 5.03. The first-order valence-electron chi connectivity index (χ1n) is 8.40. The van der Waals surface area contributed by atoms with Crippen LogP contribution in [-0.2, 0) is 16.0 Å². The highest BCUT2D eigenvalue weighted by atomic mass is 32.1.